The lowest BCUT2D eigenvalue weighted by Gasteiger charge is -2.24. The van der Waals surface area contributed by atoms with Gasteiger partial charge in [0.2, 0.25) is 0 Å². The summed E-state index contributed by atoms with van der Waals surface area (Å²) in [6.45, 7) is 3.97. The molecule has 1 aromatic carbocycles. The van der Waals surface area contributed by atoms with Crippen molar-refractivity contribution in [3.05, 3.63) is 53.7 Å². The van der Waals surface area contributed by atoms with E-state index < -0.39 is 6.67 Å². The topological polar surface area (TPSA) is 92.2 Å². The Morgan fingerprint density at radius 2 is 2.28 bits per heavy atom. The van der Waals surface area contributed by atoms with Crippen LogP contribution >= 0.6 is 0 Å². The van der Waals surface area contributed by atoms with Crippen LogP contribution in [-0.4, -0.2) is 35.9 Å². The number of carbonyl (C=O) groups excluding carboxylic acids is 1. The Hall–Kier alpha value is -3.05. The number of anilines is 1. The molecule has 1 aliphatic rings. The molecule has 1 amide bonds. The van der Waals surface area contributed by atoms with Crippen molar-refractivity contribution in [2.45, 2.75) is 38.2 Å². The van der Waals surface area contributed by atoms with Gasteiger partial charge in [-0.1, -0.05) is 17.8 Å². The van der Waals surface area contributed by atoms with E-state index >= 15 is 0 Å². The summed E-state index contributed by atoms with van der Waals surface area (Å²) in [5, 5.41) is 13.0. The van der Waals surface area contributed by atoms with Crippen LogP contribution in [0, 0.1) is 11.3 Å². The summed E-state index contributed by atoms with van der Waals surface area (Å²) in [5.41, 5.74) is 1.20. The van der Waals surface area contributed by atoms with Gasteiger partial charge in [0, 0.05) is 36.8 Å². The first-order valence-electron chi connectivity index (χ1n) is 9.58. The number of rotatable bonds is 11. The lowest BCUT2D eigenvalue weighted by molar-refractivity contribution is -0.115. The van der Waals surface area contributed by atoms with E-state index in [1.165, 1.54) is 4.90 Å². The van der Waals surface area contributed by atoms with Gasteiger partial charge in [0.25, 0.3) is 11.8 Å². The zero-order valence-electron chi connectivity index (χ0n) is 16.1. The summed E-state index contributed by atoms with van der Waals surface area (Å²) in [6, 6.07) is 8.78. The summed E-state index contributed by atoms with van der Waals surface area (Å²) >= 11 is 0. The molecule has 0 spiro atoms. The highest BCUT2D eigenvalue weighted by Crippen LogP contribution is 2.38. The molecule has 1 heterocycles. The molecule has 0 bridgehead atoms. The minimum Gasteiger partial charge on any atom is -0.372 e. The Kier molecular flexibility index (Phi) is 7.09. The van der Waals surface area contributed by atoms with Gasteiger partial charge in [0.1, 0.15) is 6.61 Å². The minimum absolute atomic E-state index is 0.0235. The maximum atomic E-state index is 12.7. The zero-order chi connectivity index (χ0) is 20.6. The number of ether oxygens (including phenoxy) is 1. The van der Waals surface area contributed by atoms with Crippen molar-refractivity contribution in [3.8, 4) is 6.07 Å². The average Bonchev–Trinajstić information content (AvgIpc) is 3.49. The number of alkyl halides is 1. The first-order valence-corrected chi connectivity index (χ1v) is 9.58. The van der Waals surface area contributed by atoms with Gasteiger partial charge in [0.05, 0.1) is 18.3 Å². The highest BCUT2D eigenvalue weighted by atomic mass is 19.1. The van der Waals surface area contributed by atoms with E-state index in [9.17, 15) is 9.18 Å². The molecule has 0 atom stereocenters. The fourth-order valence-electron chi connectivity index (χ4n) is 2.82. The fourth-order valence-corrected chi connectivity index (χ4v) is 2.82. The normalized spacial score (nSPS) is 13.1. The SMILES string of the molecule is C=C(CCF)C(=O)N(CCCOCc1nc(C2CC2)no1)c1cccc(C#N)c1. The molecule has 1 aromatic heterocycles. The van der Waals surface area contributed by atoms with Gasteiger partial charge in [-0.25, -0.2) is 0 Å². The maximum absolute atomic E-state index is 12.7. The molecule has 0 unspecified atom stereocenters. The van der Waals surface area contributed by atoms with E-state index in [0.717, 1.165) is 18.7 Å². The van der Waals surface area contributed by atoms with Crippen LogP contribution in [0.1, 0.15) is 48.9 Å². The molecule has 1 saturated carbocycles. The number of carbonyl (C=O) groups is 1. The van der Waals surface area contributed by atoms with Crippen molar-refractivity contribution >= 4 is 11.6 Å². The molecule has 0 saturated heterocycles. The monoisotopic (exact) mass is 398 g/mol. The number of hydrogen-bond acceptors (Lipinski definition) is 6. The van der Waals surface area contributed by atoms with Crippen molar-refractivity contribution in [1.82, 2.24) is 10.1 Å². The predicted molar refractivity (Wildman–Crippen MR) is 104 cm³/mol. The van der Waals surface area contributed by atoms with E-state index in [1.54, 1.807) is 24.3 Å². The molecular weight excluding hydrogens is 375 g/mol. The molecule has 1 fully saturated rings. The molecule has 8 heteroatoms. The third-order valence-corrected chi connectivity index (χ3v) is 4.55. The first kappa shape index (κ1) is 20.7. The van der Waals surface area contributed by atoms with Crippen LogP contribution < -0.4 is 4.90 Å². The quantitative estimate of drug-likeness (QED) is 0.424. The Bertz CT molecular complexity index is 901. The van der Waals surface area contributed by atoms with Crippen LogP contribution in [-0.2, 0) is 16.1 Å². The van der Waals surface area contributed by atoms with E-state index in [0.29, 0.717) is 42.6 Å². The van der Waals surface area contributed by atoms with Crippen LogP contribution in [0.4, 0.5) is 10.1 Å². The molecule has 152 valence electrons. The van der Waals surface area contributed by atoms with E-state index in [2.05, 4.69) is 22.8 Å². The van der Waals surface area contributed by atoms with Gasteiger partial charge >= 0.3 is 0 Å². The number of benzene rings is 1. The summed E-state index contributed by atoms with van der Waals surface area (Å²) in [5.74, 6) is 1.25. The van der Waals surface area contributed by atoms with Crippen LogP contribution in [0.25, 0.3) is 0 Å². The smallest absolute Gasteiger partial charge is 0.253 e. The lowest BCUT2D eigenvalue weighted by Crippen LogP contribution is -2.33. The molecule has 0 N–H and O–H groups in total. The van der Waals surface area contributed by atoms with Crippen molar-refractivity contribution in [2.75, 3.05) is 24.7 Å². The molecule has 0 radical (unpaired) electrons. The van der Waals surface area contributed by atoms with E-state index in [-0.39, 0.29) is 24.5 Å². The van der Waals surface area contributed by atoms with E-state index in [4.69, 9.17) is 14.5 Å². The molecule has 7 nitrogen and oxygen atoms in total. The highest BCUT2D eigenvalue weighted by Gasteiger charge is 2.28. The summed E-state index contributed by atoms with van der Waals surface area (Å²) in [7, 11) is 0. The van der Waals surface area contributed by atoms with Crippen LogP contribution in [0.15, 0.2) is 40.9 Å². The highest BCUT2D eigenvalue weighted by molar-refractivity contribution is 6.05. The van der Waals surface area contributed by atoms with Crippen molar-refractivity contribution in [2.24, 2.45) is 0 Å². The number of hydrogen-bond donors (Lipinski definition) is 0. The van der Waals surface area contributed by atoms with Crippen molar-refractivity contribution < 1.29 is 18.4 Å². The number of amides is 1. The summed E-state index contributed by atoms with van der Waals surface area (Å²) < 4.78 is 23.4. The summed E-state index contributed by atoms with van der Waals surface area (Å²) in [4.78, 5) is 18.5. The summed E-state index contributed by atoms with van der Waals surface area (Å²) in [6.07, 6.45) is 2.72. The maximum Gasteiger partial charge on any atom is 0.253 e. The van der Waals surface area contributed by atoms with Gasteiger partial charge in [-0.3, -0.25) is 9.18 Å². The van der Waals surface area contributed by atoms with Gasteiger partial charge in [-0.05, 0) is 37.5 Å². The lowest BCUT2D eigenvalue weighted by atomic mass is 10.1. The first-order chi connectivity index (χ1) is 14.1. The van der Waals surface area contributed by atoms with Crippen LogP contribution in [0.3, 0.4) is 0 Å². The molecule has 29 heavy (non-hydrogen) atoms. The molecule has 2 aromatic rings. The van der Waals surface area contributed by atoms with Gasteiger partial charge < -0.3 is 14.2 Å². The largest absolute Gasteiger partial charge is 0.372 e. The van der Waals surface area contributed by atoms with Crippen LogP contribution in [0.2, 0.25) is 0 Å². The molecule has 3 rings (SSSR count). The second kappa shape index (κ2) is 9.94. The Morgan fingerprint density at radius 3 is 3.00 bits per heavy atom. The number of nitrogens with zero attached hydrogens (tertiary/aromatic N) is 4. The Labute approximate surface area is 168 Å². The number of halogens is 1. The number of aromatic nitrogens is 2. The Balaban J connectivity index is 1.54. The van der Waals surface area contributed by atoms with Gasteiger partial charge in [-0.15, -0.1) is 0 Å². The average molecular weight is 398 g/mol. The van der Waals surface area contributed by atoms with Crippen molar-refractivity contribution in [1.29, 1.82) is 5.26 Å². The molecular formula is C21H23FN4O3. The standard InChI is InChI=1S/C21H23FN4O3/c1-15(8-9-22)21(27)26(18-5-2-4-16(12-18)13-23)10-3-11-28-14-19-24-20(25-29-19)17-6-7-17/h2,4-5,12,17H,1,3,6-11,14H2. The Morgan fingerprint density at radius 1 is 1.45 bits per heavy atom. The predicted octanol–water partition coefficient (Wildman–Crippen LogP) is 3.67. The third kappa shape index (κ3) is 5.72. The van der Waals surface area contributed by atoms with Gasteiger partial charge in [0.15, 0.2) is 5.82 Å². The second-order valence-electron chi connectivity index (χ2n) is 6.89. The number of nitriles is 1. The van der Waals surface area contributed by atoms with Gasteiger partial charge in [-0.2, -0.15) is 10.2 Å². The molecule has 1 aliphatic carbocycles. The van der Waals surface area contributed by atoms with Crippen molar-refractivity contribution in [3.63, 3.8) is 0 Å². The molecule has 0 aliphatic heterocycles. The van der Waals surface area contributed by atoms with Crippen LogP contribution in [0.5, 0.6) is 0 Å². The van der Waals surface area contributed by atoms with E-state index in [1.807, 2.05) is 0 Å². The third-order valence-electron chi connectivity index (χ3n) is 4.55. The second-order valence-corrected chi connectivity index (χ2v) is 6.89. The zero-order valence-corrected chi connectivity index (χ0v) is 16.1. The minimum atomic E-state index is -0.646. The fraction of sp³-hybridized carbons (Fsp3) is 0.429.